The van der Waals surface area contributed by atoms with Gasteiger partial charge >= 0.3 is 0 Å². The van der Waals surface area contributed by atoms with Crippen molar-refractivity contribution in [2.45, 2.75) is 38.8 Å². The summed E-state index contributed by atoms with van der Waals surface area (Å²) in [5, 5.41) is 4.31. The van der Waals surface area contributed by atoms with Crippen LogP contribution in [0.25, 0.3) is 0 Å². The van der Waals surface area contributed by atoms with E-state index in [1.807, 2.05) is 36.1 Å². The zero-order valence-corrected chi connectivity index (χ0v) is 18.2. The Bertz CT molecular complexity index is 1000. The molecule has 0 bridgehead atoms. The van der Waals surface area contributed by atoms with Gasteiger partial charge in [0.1, 0.15) is 18.2 Å². The molecule has 7 heteroatoms. The summed E-state index contributed by atoms with van der Waals surface area (Å²) < 4.78 is 19.6. The van der Waals surface area contributed by atoms with Crippen LogP contribution in [0.2, 0.25) is 5.02 Å². The van der Waals surface area contributed by atoms with Crippen LogP contribution in [0, 0.1) is 5.82 Å². The van der Waals surface area contributed by atoms with E-state index in [1.165, 1.54) is 6.07 Å². The minimum atomic E-state index is -0.394. The van der Waals surface area contributed by atoms with Gasteiger partial charge in [-0.05, 0) is 61.8 Å². The molecular weight excluding hydrogens is 423 g/mol. The van der Waals surface area contributed by atoms with E-state index in [4.69, 9.17) is 28.6 Å². The van der Waals surface area contributed by atoms with Gasteiger partial charge in [0.15, 0.2) is 10.9 Å². The SMILES string of the molecule is CCN1C(=S)NC(c2ccc(OCc3c(F)cccc3Cl)cc2)C2=C1CCCC2=O. The number of rotatable bonds is 5. The molecule has 0 amide bonds. The van der Waals surface area contributed by atoms with Crippen LogP contribution in [-0.4, -0.2) is 22.3 Å². The summed E-state index contributed by atoms with van der Waals surface area (Å²) in [4.78, 5) is 14.8. The van der Waals surface area contributed by atoms with E-state index in [2.05, 4.69) is 5.32 Å². The molecule has 1 N–H and O–H groups in total. The largest absolute Gasteiger partial charge is 0.489 e. The van der Waals surface area contributed by atoms with E-state index in [1.54, 1.807) is 12.1 Å². The summed E-state index contributed by atoms with van der Waals surface area (Å²) in [5.74, 6) is 0.370. The highest BCUT2D eigenvalue weighted by atomic mass is 35.5. The lowest BCUT2D eigenvalue weighted by Gasteiger charge is -2.40. The number of benzene rings is 2. The Labute approximate surface area is 185 Å². The van der Waals surface area contributed by atoms with Crippen molar-refractivity contribution in [1.82, 2.24) is 10.2 Å². The highest BCUT2D eigenvalue weighted by Crippen LogP contribution is 2.37. The van der Waals surface area contributed by atoms with Gasteiger partial charge in [0.25, 0.3) is 0 Å². The number of halogens is 2. The second-order valence-electron chi connectivity index (χ2n) is 7.32. The summed E-state index contributed by atoms with van der Waals surface area (Å²) in [6.07, 6.45) is 2.28. The second kappa shape index (κ2) is 8.74. The summed E-state index contributed by atoms with van der Waals surface area (Å²) in [5.41, 5.74) is 3.11. The lowest BCUT2D eigenvalue weighted by molar-refractivity contribution is -0.116. The van der Waals surface area contributed by atoms with Gasteiger partial charge in [0.05, 0.1) is 11.1 Å². The number of ketones is 1. The van der Waals surface area contributed by atoms with Crippen molar-refractivity contribution in [3.8, 4) is 5.75 Å². The van der Waals surface area contributed by atoms with Crippen LogP contribution in [0.15, 0.2) is 53.7 Å². The smallest absolute Gasteiger partial charge is 0.173 e. The van der Waals surface area contributed by atoms with Crippen molar-refractivity contribution >= 4 is 34.7 Å². The van der Waals surface area contributed by atoms with E-state index in [-0.39, 0.29) is 18.4 Å². The quantitative estimate of drug-likeness (QED) is 0.632. The van der Waals surface area contributed by atoms with Gasteiger partial charge in [0.2, 0.25) is 0 Å². The van der Waals surface area contributed by atoms with Crippen LogP contribution < -0.4 is 10.1 Å². The molecule has 1 heterocycles. The molecule has 4 rings (SSSR count). The van der Waals surface area contributed by atoms with Crippen molar-refractivity contribution in [1.29, 1.82) is 0 Å². The Morgan fingerprint density at radius 2 is 2.00 bits per heavy atom. The molecule has 30 heavy (non-hydrogen) atoms. The van der Waals surface area contributed by atoms with Crippen LogP contribution in [0.3, 0.4) is 0 Å². The third-order valence-corrected chi connectivity index (χ3v) is 6.22. The minimum absolute atomic E-state index is 0.0376. The lowest BCUT2D eigenvalue weighted by atomic mass is 9.85. The molecule has 1 atom stereocenters. The molecule has 0 saturated carbocycles. The Balaban J connectivity index is 1.56. The first-order valence-electron chi connectivity index (χ1n) is 9.99. The first kappa shape index (κ1) is 20.8. The zero-order chi connectivity index (χ0) is 21.3. The van der Waals surface area contributed by atoms with E-state index >= 15 is 0 Å². The normalized spacial score (nSPS) is 18.9. The van der Waals surface area contributed by atoms with Crippen LogP contribution in [-0.2, 0) is 11.4 Å². The highest BCUT2D eigenvalue weighted by molar-refractivity contribution is 7.80. The van der Waals surface area contributed by atoms with E-state index in [0.29, 0.717) is 27.9 Å². The van der Waals surface area contributed by atoms with Gasteiger partial charge in [-0.1, -0.05) is 29.8 Å². The Kier molecular flexibility index (Phi) is 6.06. The van der Waals surface area contributed by atoms with Gasteiger partial charge < -0.3 is 15.0 Å². The van der Waals surface area contributed by atoms with Crippen molar-refractivity contribution < 1.29 is 13.9 Å². The fourth-order valence-electron chi connectivity index (χ4n) is 4.02. The average molecular weight is 445 g/mol. The molecule has 1 aliphatic heterocycles. The second-order valence-corrected chi connectivity index (χ2v) is 8.12. The molecule has 156 valence electrons. The number of thiocarbonyl (C=S) groups is 1. The van der Waals surface area contributed by atoms with Gasteiger partial charge in [-0.2, -0.15) is 0 Å². The Morgan fingerprint density at radius 3 is 2.70 bits per heavy atom. The molecule has 4 nitrogen and oxygen atoms in total. The van der Waals surface area contributed by atoms with Crippen molar-refractivity contribution in [3.05, 3.63) is 75.7 Å². The lowest BCUT2D eigenvalue weighted by Crippen LogP contribution is -2.49. The number of nitrogens with zero attached hydrogens (tertiary/aromatic N) is 1. The van der Waals surface area contributed by atoms with E-state index in [9.17, 15) is 9.18 Å². The first-order valence-corrected chi connectivity index (χ1v) is 10.8. The molecule has 0 spiro atoms. The Hall–Kier alpha value is -2.44. The summed E-state index contributed by atoms with van der Waals surface area (Å²) in [6, 6.07) is 11.7. The van der Waals surface area contributed by atoms with Crippen LogP contribution in [0.1, 0.15) is 43.4 Å². The third-order valence-electron chi connectivity index (χ3n) is 5.53. The predicted octanol–water partition coefficient (Wildman–Crippen LogP) is 5.32. The maximum absolute atomic E-state index is 13.9. The number of ether oxygens (including phenoxy) is 1. The zero-order valence-electron chi connectivity index (χ0n) is 16.6. The number of hydrogen-bond acceptors (Lipinski definition) is 3. The summed E-state index contributed by atoms with van der Waals surface area (Å²) in [7, 11) is 0. The number of nitrogens with one attached hydrogen (secondary N) is 1. The molecule has 0 aromatic heterocycles. The number of carbonyl (C=O) groups is 1. The molecule has 0 radical (unpaired) electrons. The van der Waals surface area contributed by atoms with E-state index in [0.717, 1.165) is 36.2 Å². The molecule has 2 aromatic carbocycles. The van der Waals surface area contributed by atoms with Crippen molar-refractivity contribution in [2.75, 3.05) is 6.54 Å². The van der Waals surface area contributed by atoms with Crippen LogP contribution in [0.5, 0.6) is 5.75 Å². The number of allylic oxidation sites excluding steroid dienone is 1. The molecule has 1 unspecified atom stereocenters. The molecule has 0 saturated heterocycles. The van der Waals surface area contributed by atoms with Gasteiger partial charge in [0, 0.05) is 29.8 Å². The molecule has 0 fully saturated rings. The minimum Gasteiger partial charge on any atom is -0.489 e. The average Bonchev–Trinajstić information content (AvgIpc) is 2.73. The number of carbonyl (C=O) groups excluding carboxylic acids is 1. The summed E-state index contributed by atoms with van der Waals surface area (Å²) in [6.45, 7) is 2.80. The molecule has 1 aliphatic carbocycles. The molecule has 2 aromatic rings. The van der Waals surface area contributed by atoms with Crippen molar-refractivity contribution in [2.24, 2.45) is 0 Å². The third kappa shape index (κ3) is 3.94. The highest BCUT2D eigenvalue weighted by Gasteiger charge is 2.36. The van der Waals surface area contributed by atoms with Gasteiger partial charge in [-0.15, -0.1) is 0 Å². The van der Waals surface area contributed by atoms with Crippen LogP contribution >= 0.6 is 23.8 Å². The molecule has 2 aliphatic rings. The monoisotopic (exact) mass is 444 g/mol. The maximum atomic E-state index is 13.9. The van der Waals surface area contributed by atoms with Gasteiger partial charge in [-0.25, -0.2) is 4.39 Å². The fourth-order valence-corrected chi connectivity index (χ4v) is 4.59. The number of Topliss-reactive ketones (excluding diaryl/α,β-unsaturated/α-hetero) is 1. The first-order chi connectivity index (χ1) is 14.5. The van der Waals surface area contributed by atoms with Crippen molar-refractivity contribution in [3.63, 3.8) is 0 Å². The topological polar surface area (TPSA) is 41.6 Å². The molecular formula is C23H22ClFN2O2S. The van der Waals surface area contributed by atoms with Gasteiger partial charge in [-0.3, -0.25) is 4.79 Å². The van der Waals surface area contributed by atoms with Crippen LogP contribution in [0.4, 0.5) is 4.39 Å². The number of hydrogen-bond donors (Lipinski definition) is 1. The maximum Gasteiger partial charge on any atom is 0.173 e. The standard InChI is InChI=1S/C23H22ClFN2O2S/c1-2-27-19-7-4-8-20(28)21(19)22(26-23(27)30)14-9-11-15(12-10-14)29-13-16-17(24)5-3-6-18(16)25/h3,5-6,9-12,22H,2,4,7-8,13H2,1H3,(H,26,30). The summed E-state index contributed by atoms with van der Waals surface area (Å²) >= 11 is 11.6. The van der Waals surface area contributed by atoms with E-state index < -0.39 is 5.82 Å². The Morgan fingerprint density at radius 1 is 1.23 bits per heavy atom. The predicted molar refractivity (Wildman–Crippen MR) is 119 cm³/mol. The fraction of sp³-hybridized carbons (Fsp3) is 0.304.